The molecular formula is C16H21N3O. The molecule has 2 rings (SSSR count). The predicted molar refractivity (Wildman–Crippen MR) is 79.5 cm³/mol. The third kappa shape index (κ3) is 2.83. The minimum atomic E-state index is -0.245. The summed E-state index contributed by atoms with van der Waals surface area (Å²) in [5, 5.41) is 9.00. The molecule has 0 aliphatic carbocycles. The Morgan fingerprint density at radius 2 is 2.15 bits per heavy atom. The molecule has 0 aliphatic rings. The van der Waals surface area contributed by atoms with Crippen LogP contribution in [0.1, 0.15) is 38.6 Å². The minimum Gasteiger partial charge on any atom is -0.378 e. The molecule has 4 nitrogen and oxygen atoms in total. The Kier molecular flexibility index (Phi) is 4.10. The summed E-state index contributed by atoms with van der Waals surface area (Å²) in [6.45, 7) is 7.20. The maximum Gasteiger partial charge on any atom is 0.112 e. The van der Waals surface area contributed by atoms with Gasteiger partial charge in [0, 0.05) is 20.1 Å². The molecule has 0 aliphatic heterocycles. The minimum absolute atomic E-state index is 0.245. The van der Waals surface area contributed by atoms with Crippen molar-refractivity contribution in [3.05, 3.63) is 29.6 Å². The molecule has 106 valence electrons. The molecule has 0 N–H and O–H groups in total. The predicted octanol–water partition coefficient (Wildman–Crippen LogP) is 3.29. The Labute approximate surface area is 120 Å². The highest BCUT2D eigenvalue weighted by atomic mass is 16.5. The van der Waals surface area contributed by atoms with E-state index < -0.39 is 0 Å². The molecule has 0 fully saturated rings. The second-order valence-corrected chi connectivity index (χ2v) is 5.64. The van der Waals surface area contributed by atoms with Crippen LogP contribution in [-0.2, 0) is 17.7 Å². The number of hydrogen-bond donors (Lipinski definition) is 0. The van der Waals surface area contributed by atoms with Crippen molar-refractivity contribution in [2.45, 2.75) is 45.8 Å². The van der Waals surface area contributed by atoms with Gasteiger partial charge in [-0.2, -0.15) is 5.26 Å². The zero-order valence-corrected chi connectivity index (χ0v) is 12.6. The molecule has 0 bridgehead atoms. The van der Waals surface area contributed by atoms with Gasteiger partial charge < -0.3 is 9.30 Å². The lowest BCUT2D eigenvalue weighted by molar-refractivity contribution is 0.0210. The van der Waals surface area contributed by atoms with E-state index in [0.717, 1.165) is 36.2 Å². The van der Waals surface area contributed by atoms with E-state index in [2.05, 4.69) is 31.4 Å². The summed E-state index contributed by atoms with van der Waals surface area (Å²) in [6, 6.07) is 7.85. The summed E-state index contributed by atoms with van der Waals surface area (Å²) in [6.07, 6.45) is 1.80. The third-order valence-corrected chi connectivity index (χ3v) is 3.54. The Morgan fingerprint density at radius 1 is 1.40 bits per heavy atom. The standard InChI is InChI=1S/C16H21N3O/c1-5-8-19-14-7-6-12(11-17)9-13(14)18-15(19)10-16(2,3)20-4/h6-7,9H,5,8,10H2,1-4H3. The van der Waals surface area contributed by atoms with Crippen LogP contribution in [0.5, 0.6) is 0 Å². The molecular weight excluding hydrogens is 250 g/mol. The molecule has 0 saturated carbocycles. The first kappa shape index (κ1) is 14.5. The van der Waals surface area contributed by atoms with Gasteiger partial charge in [0.05, 0.1) is 28.3 Å². The van der Waals surface area contributed by atoms with Crippen molar-refractivity contribution >= 4 is 11.0 Å². The number of benzene rings is 1. The van der Waals surface area contributed by atoms with E-state index in [-0.39, 0.29) is 5.60 Å². The van der Waals surface area contributed by atoms with Crippen LogP contribution in [0.2, 0.25) is 0 Å². The monoisotopic (exact) mass is 271 g/mol. The Hall–Kier alpha value is -1.86. The molecule has 1 aromatic carbocycles. The number of ether oxygens (including phenoxy) is 1. The number of rotatable bonds is 5. The highest BCUT2D eigenvalue weighted by molar-refractivity contribution is 5.77. The number of hydrogen-bond acceptors (Lipinski definition) is 3. The Morgan fingerprint density at radius 3 is 2.75 bits per heavy atom. The van der Waals surface area contributed by atoms with E-state index in [1.165, 1.54) is 0 Å². The zero-order valence-electron chi connectivity index (χ0n) is 12.6. The van der Waals surface area contributed by atoms with Crippen molar-refractivity contribution in [1.29, 1.82) is 5.26 Å². The van der Waals surface area contributed by atoms with E-state index in [4.69, 9.17) is 15.0 Å². The van der Waals surface area contributed by atoms with Crippen LogP contribution < -0.4 is 0 Å². The number of imidazole rings is 1. The molecule has 4 heteroatoms. The van der Waals surface area contributed by atoms with E-state index in [9.17, 15) is 0 Å². The topological polar surface area (TPSA) is 50.8 Å². The van der Waals surface area contributed by atoms with Crippen LogP contribution in [0.3, 0.4) is 0 Å². The van der Waals surface area contributed by atoms with Gasteiger partial charge >= 0.3 is 0 Å². The molecule has 0 radical (unpaired) electrons. The second-order valence-electron chi connectivity index (χ2n) is 5.64. The van der Waals surface area contributed by atoms with Gasteiger partial charge in [0.25, 0.3) is 0 Å². The normalized spacial score (nSPS) is 11.8. The van der Waals surface area contributed by atoms with Crippen LogP contribution in [0.4, 0.5) is 0 Å². The number of fused-ring (bicyclic) bond motifs is 1. The van der Waals surface area contributed by atoms with Gasteiger partial charge in [-0.25, -0.2) is 4.98 Å². The summed E-state index contributed by atoms with van der Waals surface area (Å²) in [7, 11) is 1.72. The lowest BCUT2D eigenvalue weighted by Gasteiger charge is -2.22. The highest BCUT2D eigenvalue weighted by Crippen LogP contribution is 2.22. The molecule has 20 heavy (non-hydrogen) atoms. The first-order chi connectivity index (χ1) is 9.50. The van der Waals surface area contributed by atoms with Gasteiger partial charge in [-0.05, 0) is 38.5 Å². The quantitative estimate of drug-likeness (QED) is 0.838. The molecule has 0 saturated heterocycles. The zero-order chi connectivity index (χ0) is 14.8. The van der Waals surface area contributed by atoms with Crippen LogP contribution >= 0.6 is 0 Å². The molecule has 2 aromatic rings. The fourth-order valence-corrected chi connectivity index (χ4v) is 2.31. The maximum absolute atomic E-state index is 9.00. The molecule has 1 heterocycles. The van der Waals surface area contributed by atoms with Gasteiger partial charge in [-0.3, -0.25) is 0 Å². The fourth-order valence-electron chi connectivity index (χ4n) is 2.31. The van der Waals surface area contributed by atoms with E-state index in [0.29, 0.717) is 5.56 Å². The molecule has 0 amide bonds. The molecule has 0 unspecified atom stereocenters. The average molecular weight is 271 g/mol. The van der Waals surface area contributed by atoms with E-state index >= 15 is 0 Å². The van der Waals surface area contributed by atoms with Gasteiger partial charge in [0.2, 0.25) is 0 Å². The van der Waals surface area contributed by atoms with E-state index in [1.807, 2.05) is 18.2 Å². The van der Waals surface area contributed by atoms with Crippen LogP contribution in [-0.4, -0.2) is 22.3 Å². The number of aryl methyl sites for hydroxylation is 1. The number of nitriles is 1. The largest absolute Gasteiger partial charge is 0.378 e. The summed E-state index contributed by atoms with van der Waals surface area (Å²) < 4.78 is 7.74. The average Bonchev–Trinajstić information content (AvgIpc) is 2.75. The van der Waals surface area contributed by atoms with Gasteiger partial charge in [-0.1, -0.05) is 6.92 Å². The lowest BCUT2D eigenvalue weighted by atomic mass is 10.0. The molecule has 0 spiro atoms. The van der Waals surface area contributed by atoms with Crippen molar-refractivity contribution < 1.29 is 4.74 Å². The number of nitrogens with zero attached hydrogens (tertiary/aromatic N) is 3. The Balaban J connectivity index is 2.52. The summed E-state index contributed by atoms with van der Waals surface area (Å²) >= 11 is 0. The lowest BCUT2D eigenvalue weighted by Crippen LogP contribution is -2.27. The summed E-state index contributed by atoms with van der Waals surface area (Å²) in [4.78, 5) is 4.70. The third-order valence-electron chi connectivity index (χ3n) is 3.54. The first-order valence-electron chi connectivity index (χ1n) is 6.95. The van der Waals surface area contributed by atoms with Gasteiger partial charge in [0.1, 0.15) is 5.82 Å². The smallest absolute Gasteiger partial charge is 0.112 e. The summed E-state index contributed by atoms with van der Waals surface area (Å²) in [5.41, 5.74) is 2.38. The number of methoxy groups -OCH3 is 1. The van der Waals surface area contributed by atoms with Crippen molar-refractivity contribution in [2.24, 2.45) is 0 Å². The van der Waals surface area contributed by atoms with Crippen molar-refractivity contribution in [3.63, 3.8) is 0 Å². The summed E-state index contributed by atoms with van der Waals surface area (Å²) in [5.74, 6) is 1.02. The van der Waals surface area contributed by atoms with Crippen LogP contribution in [0.15, 0.2) is 18.2 Å². The molecule has 1 aromatic heterocycles. The van der Waals surface area contributed by atoms with Gasteiger partial charge in [-0.15, -0.1) is 0 Å². The Bertz CT molecular complexity index is 650. The van der Waals surface area contributed by atoms with Crippen molar-refractivity contribution in [1.82, 2.24) is 9.55 Å². The van der Waals surface area contributed by atoms with E-state index in [1.54, 1.807) is 7.11 Å². The first-order valence-corrected chi connectivity index (χ1v) is 6.95. The van der Waals surface area contributed by atoms with Crippen LogP contribution in [0.25, 0.3) is 11.0 Å². The maximum atomic E-state index is 9.00. The van der Waals surface area contributed by atoms with Crippen LogP contribution in [0, 0.1) is 11.3 Å². The fraction of sp³-hybridized carbons (Fsp3) is 0.500. The number of aromatic nitrogens is 2. The SMILES string of the molecule is CCCn1c(CC(C)(C)OC)nc2cc(C#N)ccc21. The van der Waals surface area contributed by atoms with Gasteiger partial charge in [0.15, 0.2) is 0 Å². The second kappa shape index (κ2) is 5.64. The molecule has 0 atom stereocenters. The highest BCUT2D eigenvalue weighted by Gasteiger charge is 2.21. The van der Waals surface area contributed by atoms with Crippen molar-refractivity contribution in [2.75, 3.05) is 7.11 Å². The van der Waals surface area contributed by atoms with Crippen molar-refractivity contribution in [3.8, 4) is 6.07 Å².